The molecule has 1 atom stereocenters. The van der Waals surface area contributed by atoms with Crippen molar-refractivity contribution in [3.05, 3.63) is 10.0 Å². The molecule has 1 fully saturated rings. The van der Waals surface area contributed by atoms with Crippen LogP contribution < -0.4 is 4.90 Å². The summed E-state index contributed by atoms with van der Waals surface area (Å²) in [5, 5.41) is 1.48. The molecule has 1 aromatic rings. The maximum atomic E-state index is 6.02. The fourth-order valence-corrected chi connectivity index (χ4v) is 3.46. The normalized spacial score (nSPS) is 19.8. The minimum absolute atomic E-state index is 0.331. The Morgan fingerprint density at radius 2 is 2.41 bits per heavy atom. The van der Waals surface area contributed by atoms with Crippen molar-refractivity contribution in [2.45, 2.75) is 31.7 Å². The Bertz CT molecular complexity index is 366. The molecule has 0 N–H and O–H groups in total. The van der Waals surface area contributed by atoms with E-state index in [1.807, 2.05) is 0 Å². The fourth-order valence-electron chi connectivity index (χ4n) is 1.92. The lowest BCUT2D eigenvalue weighted by Gasteiger charge is -2.22. The number of thiazole rings is 1. The molecule has 1 unspecified atom stereocenters. The number of anilines is 1. The van der Waals surface area contributed by atoms with Crippen LogP contribution in [0.4, 0.5) is 5.13 Å². The van der Waals surface area contributed by atoms with E-state index in [-0.39, 0.29) is 0 Å². The van der Waals surface area contributed by atoms with Gasteiger partial charge in [0.05, 0.1) is 16.9 Å². The van der Waals surface area contributed by atoms with Crippen LogP contribution in [0.25, 0.3) is 0 Å². The maximum Gasteiger partial charge on any atom is 0.187 e. The second-order valence-electron chi connectivity index (χ2n) is 4.02. The SMILES string of the molecule is CCN(CC1CCCO1)c1nc(Cl)c(CCl)s1. The molecule has 2 heterocycles. The highest BCUT2D eigenvalue weighted by Crippen LogP contribution is 2.31. The molecule has 1 saturated heterocycles. The summed E-state index contributed by atoms with van der Waals surface area (Å²) >= 11 is 13.4. The molecular formula is C11H16Cl2N2OS. The van der Waals surface area contributed by atoms with Crippen LogP contribution in [-0.2, 0) is 10.6 Å². The smallest absolute Gasteiger partial charge is 0.187 e. The van der Waals surface area contributed by atoms with Crippen LogP contribution >= 0.6 is 34.5 Å². The molecular weight excluding hydrogens is 279 g/mol. The molecule has 96 valence electrons. The molecule has 0 bridgehead atoms. The first kappa shape index (κ1) is 13.4. The van der Waals surface area contributed by atoms with E-state index in [0.717, 1.165) is 42.5 Å². The van der Waals surface area contributed by atoms with Crippen molar-refractivity contribution in [1.29, 1.82) is 0 Å². The highest BCUT2D eigenvalue weighted by molar-refractivity contribution is 7.16. The Hall–Kier alpha value is -0.0300. The minimum Gasteiger partial charge on any atom is -0.376 e. The molecule has 1 aliphatic heterocycles. The molecule has 1 aromatic heterocycles. The third-order valence-corrected chi connectivity index (χ3v) is 4.83. The molecule has 0 amide bonds. The Morgan fingerprint density at radius 1 is 1.59 bits per heavy atom. The lowest BCUT2D eigenvalue weighted by atomic mass is 10.2. The van der Waals surface area contributed by atoms with Crippen LogP contribution in [0.2, 0.25) is 5.15 Å². The van der Waals surface area contributed by atoms with E-state index in [0.29, 0.717) is 17.1 Å². The molecule has 0 radical (unpaired) electrons. The first-order chi connectivity index (χ1) is 8.24. The summed E-state index contributed by atoms with van der Waals surface area (Å²) in [4.78, 5) is 7.51. The summed E-state index contributed by atoms with van der Waals surface area (Å²) in [5.41, 5.74) is 0. The van der Waals surface area contributed by atoms with Gasteiger partial charge in [0.2, 0.25) is 0 Å². The number of hydrogen-bond acceptors (Lipinski definition) is 4. The molecule has 17 heavy (non-hydrogen) atoms. The topological polar surface area (TPSA) is 25.4 Å². The average Bonchev–Trinajstić information content (AvgIpc) is 2.95. The summed E-state index contributed by atoms with van der Waals surface area (Å²) < 4.78 is 5.65. The minimum atomic E-state index is 0.331. The van der Waals surface area contributed by atoms with Crippen molar-refractivity contribution in [2.24, 2.45) is 0 Å². The molecule has 3 nitrogen and oxygen atoms in total. The fraction of sp³-hybridized carbons (Fsp3) is 0.727. The second kappa shape index (κ2) is 6.23. The van der Waals surface area contributed by atoms with Crippen molar-refractivity contribution >= 4 is 39.7 Å². The van der Waals surface area contributed by atoms with E-state index >= 15 is 0 Å². The summed E-state index contributed by atoms with van der Waals surface area (Å²) in [7, 11) is 0. The molecule has 1 aliphatic rings. The average molecular weight is 295 g/mol. The molecule has 2 rings (SSSR count). The Balaban J connectivity index is 2.05. The van der Waals surface area contributed by atoms with Gasteiger partial charge in [-0.15, -0.1) is 11.6 Å². The van der Waals surface area contributed by atoms with E-state index in [9.17, 15) is 0 Å². The summed E-state index contributed by atoms with van der Waals surface area (Å²) in [6, 6.07) is 0. The predicted molar refractivity (Wildman–Crippen MR) is 73.5 cm³/mol. The molecule has 0 spiro atoms. The third-order valence-electron chi connectivity index (χ3n) is 2.86. The third kappa shape index (κ3) is 3.25. The first-order valence-corrected chi connectivity index (χ1v) is 7.55. The van der Waals surface area contributed by atoms with Gasteiger partial charge < -0.3 is 9.64 Å². The van der Waals surface area contributed by atoms with Crippen LogP contribution in [0.15, 0.2) is 0 Å². The summed E-state index contributed by atoms with van der Waals surface area (Å²) in [6.07, 6.45) is 2.63. The number of rotatable bonds is 5. The zero-order chi connectivity index (χ0) is 12.3. The van der Waals surface area contributed by atoms with E-state index < -0.39 is 0 Å². The van der Waals surface area contributed by atoms with E-state index in [1.54, 1.807) is 11.3 Å². The number of likely N-dealkylation sites (N-methyl/N-ethyl adjacent to an activating group) is 1. The van der Waals surface area contributed by atoms with Crippen LogP contribution in [0, 0.1) is 0 Å². The predicted octanol–water partition coefficient (Wildman–Crippen LogP) is 3.54. The number of nitrogens with zero attached hydrogens (tertiary/aromatic N) is 2. The van der Waals surface area contributed by atoms with Gasteiger partial charge in [0.25, 0.3) is 0 Å². The van der Waals surface area contributed by atoms with Crippen LogP contribution in [0.5, 0.6) is 0 Å². The van der Waals surface area contributed by atoms with Gasteiger partial charge in [0.1, 0.15) is 5.15 Å². The van der Waals surface area contributed by atoms with Crippen LogP contribution in [0.1, 0.15) is 24.6 Å². The van der Waals surface area contributed by atoms with E-state index in [2.05, 4.69) is 16.8 Å². The van der Waals surface area contributed by atoms with Gasteiger partial charge in [0.15, 0.2) is 5.13 Å². The number of halogens is 2. The molecule has 6 heteroatoms. The van der Waals surface area contributed by atoms with Gasteiger partial charge in [-0.05, 0) is 19.8 Å². The van der Waals surface area contributed by atoms with Crippen molar-refractivity contribution in [3.8, 4) is 0 Å². The van der Waals surface area contributed by atoms with E-state index in [4.69, 9.17) is 27.9 Å². The lowest BCUT2D eigenvalue weighted by molar-refractivity contribution is 0.115. The molecule has 0 saturated carbocycles. The van der Waals surface area contributed by atoms with Crippen molar-refractivity contribution in [2.75, 3.05) is 24.6 Å². The monoisotopic (exact) mass is 294 g/mol. The quantitative estimate of drug-likeness (QED) is 0.777. The second-order valence-corrected chi connectivity index (χ2v) is 5.71. The van der Waals surface area contributed by atoms with Gasteiger partial charge in [-0.2, -0.15) is 0 Å². The number of ether oxygens (including phenoxy) is 1. The van der Waals surface area contributed by atoms with Gasteiger partial charge >= 0.3 is 0 Å². The van der Waals surface area contributed by atoms with Gasteiger partial charge in [-0.25, -0.2) is 4.98 Å². The highest BCUT2D eigenvalue weighted by Gasteiger charge is 2.21. The summed E-state index contributed by atoms with van der Waals surface area (Å²) in [6.45, 7) is 4.80. The highest BCUT2D eigenvalue weighted by atomic mass is 35.5. The van der Waals surface area contributed by atoms with Crippen LogP contribution in [-0.4, -0.2) is 30.8 Å². The Kier molecular flexibility index (Phi) is 4.91. The lowest BCUT2D eigenvalue weighted by Crippen LogP contribution is -2.31. The van der Waals surface area contributed by atoms with Crippen molar-refractivity contribution < 1.29 is 4.74 Å². The maximum absolute atomic E-state index is 6.02. The first-order valence-electron chi connectivity index (χ1n) is 5.82. The number of hydrogen-bond donors (Lipinski definition) is 0. The zero-order valence-corrected chi connectivity index (χ0v) is 12.1. The largest absolute Gasteiger partial charge is 0.376 e. The summed E-state index contributed by atoms with van der Waals surface area (Å²) in [5.74, 6) is 0.425. The zero-order valence-electron chi connectivity index (χ0n) is 9.79. The number of aromatic nitrogens is 1. The van der Waals surface area contributed by atoms with Gasteiger partial charge in [0, 0.05) is 19.7 Å². The van der Waals surface area contributed by atoms with Crippen LogP contribution in [0.3, 0.4) is 0 Å². The van der Waals surface area contributed by atoms with E-state index in [1.165, 1.54) is 0 Å². The number of alkyl halides is 1. The standard InChI is InChI=1S/C11H16Cl2N2OS/c1-2-15(7-8-4-3-5-16-8)11-14-10(13)9(6-12)17-11/h8H,2-7H2,1H3. The Morgan fingerprint density at radius 3 is 2.94 bits per heavy atom. The van der Waals surface area contributed by atoms with Gasteiger partial charge in [-0.3, -0.25) is 0 Å². The Labute approximate surface area is 116 Å². The molecule has 0 aliphatic carbocycles. The molecule has 0 aromatic carbocycles. The van der Waals surface area contributed by atoms with Crippen molar-refractivity contribution in [1.82, 2.24) is 4.98 Å². The van der Waals surface area contributed by atoms with Crippen molar-refractivity contribution in [3.63, 3.8) is 0 Å². The van der Waals surface area contributed by atoms with Gasteiger partial charge in [-0.1, -0.05) is 22.9 Å².